The van der Waals surface area contributed by atoms with Crippen LogP contribution in [0, 0.1) is 6.92 Å². The van der Waals surface area contributed by atoms with Crippen LogP contribution in [0.25, 0.3) is 0 Å². The first-order chi connectivity index (χ1) is 12.9. The molecule has 0 bridgehead atoms. The van der Waals surface area contributed by atoms with Crippen molar-refractivity contribution in [1.82, 2.24) is 4.31 Å². The third-order valence-corrected chi connectivity index (χ3v) is 6.50. The first-order valence-electron chi connectivity index (χ1n) is 8.91. The SMILES string of the molecule is CCC1=CCN(S(=O)(=O)c2ccc(C)cc2)C1C(=O)OCc1ccccc1. The minimum Gasteiger partial charge on any atom is -0.459 e. The Morgan fingerprint density at radius 1 is 1.11 bits per heavy atom. The van der Waals surface area contributed by atoms with Crippen LogP contribution in [0.1, 0.15) is 24.5 Å². The predicted octanol–water partition coefficient (Wildman–Crippen LogP) is 3.45. The lowest BCUT2D eigenvalue weighted by atomic mass is 10.1. The van der Waals surface area contributed by atoms with E-state index in [9.17, 15) is 13.2 Å². The van der Waals surface area contributed by atoms with Crippen LogP contribution in [-0.4, -0.2) is 31.3 Å². The number of rotatable bonds is 6. The quantitative estimate of drug-likeness (QED) is 0.564. The molecule has 5 nitrogen and oxygen atoms in total. The lowest BCUT2D eigenvalue weighted by molar-refractivity contribution is -0.147. The van der Waals surface area contributed by atoms with Crippen molar-refractivity contribution in [2.45, 2.75) is 37.8 Å². The molecule has 1 atom stereocenters. The molecule has 1 aliphatic heterocycles. The third-order valence-electron chi connectivity index (χ3n) is 4.66. The van der Waals surface area contributed by atoms with E-state index in [0.717, 1.165) is 16.7 Å². The average Bonchev–Trinajstić information content (AvgIpc) is 3.12. The van der Waals surface area contributed by atoms with Crippen molar-refractivity contribution in [3.05, 3.63) is 77.4 Å². The number of aryl methyl sites for hydroxylation is 1. The van der Waals surface area contributed by atoms with E-state index in [0.29, 0.717) is 6.42 Å². The van der Waals surface area contributed by atoms with Crippen LogP contribution in [0.5, 0.6) is 0 Å². The molecule has 142 valence electrons. The van der Waals surface area contributed by atoms with Gasteiger partial charge in [-0.2, -0.15) is 4.31 Å². The normalized spacial score (nSPS) is 17.6. The van der Waals surface area contributed by atoms with E-state index in [1.165, 1.54) is 4.31 Å². The molecule has 0 radical (unpaired) electrons. The molecule has 1 aliphatic rings. The smallest absolute Gasteiger partial charge is 0.329 e. The number of carbonyl (C=O) groups is 1. The van der Waals surface area contributed by atoms with E-state index >= 15 is 0 Å². The average molecular weight is 385 g/mol. The molecule has 0 aromatic heterocycles. The molecule has 0 aliphatic carbocycles. The molecule has 1 heterocycles. The van der Waals surface area contributed by atoms with Crippen molar-refractivity contribution in [3.63, 3.8) is 0 Å². The number of carbonyl (C=O) groups excluding carboxylic acids is 1. The van der Waals surface area contributed by atoms with Crippen molar-refractivity contribution in [1.29, 1.82) is 0 Å². The number of ether oxygens (including phenoxy) is 1. The Morgan fingerprint density at radius 2 is 1.78 bits per heavy atom. The molecule has 1 unspecified atom stereocenters. The topological polar surface area (TPSA) is 63.7 Å². The zero-order chi connectivity index (χ0) is 19.4. The second kappa shape index (κ2) is 8.06. The molecule has 0 fully saturated rings. The van der Waals surface area contributed by atoms with Gasteiger partial charge in [0.15, 0.2) is 0 Å². The lowest BCUT2D eigenvalue weighted by Crippen LogP contribution is -2.43. The monoisotopic (exact) mass is 385 g/mol. The standard InChI is InChI=1S/C21H23NO4S/c1-3-18-13-14-22(27(24,25)19-11-9-16(2)10-12-19)20(18)21(23)26-15-17-7-5-4-6-8-17/h4-13,20H,3,14-15H2,1-2H3. The van der Waals surface area contributed by atoms with Gasteiger partial charge in [0, 0.05) is 6.54 Å². The molecule has 0 saturated heterocycles. The van der Waals surface area contributed by atoms with Crippen LogP contribution < -0.4 is 0 Å². The van der Waals surface area contributed by atoms with Crippen molar-refractivity contribution in [3.8, 4) is 0 Å². The van der Waals surface area contributed by atoms with E-state index in [-0.39, 0.29) is 18.0 Å². The van der Waals surface area contributed by atoms with Crippen molar-refractivity contribution >= 4 is 16.0 Å². The van der Waals surface area contributed by atoms with Crippen LogP contribution in [0.2, 0.25) is 0 Å². The van der Waals surface area contributed by atoms with Gasteiger partial charge < -0.3 is 4.74 Å². The second-order valence-corrected chi connectivity index (χ2v) is 8.41. The van der Waals surface area contributed by atoms with Crippen molar-refractivity contribution < 1.29 is 17.9 Å². The Morgan fingerprint density at radius 3 is 2.41 bits per heavy atom. The Hall–Kier alpha value is -2.44. The number of hydrogen-bond donors (Lipinski definition) is 0. The highest BCUT2D eigenvalue weighted by Crippen LogP contribution is 2.29. The Bertz CT molecular complexity index is 934. The highest BCUT2D eigenvalue weighted by atomic mass is 32.2. The van der Waals surface area contributed by atoms with Crippen LogP contribution >= 0.6 is 0 Å². The summed E-state index contributed by atoms with van der Waals surface area (Å²) in [5, 5.41) is 0. The third kappa shape index (κ3) is 4.12. The van der Waals surface area contributed by atoms with Gasteiger partial charge in [0.05, 0.1) is 4.90 Å². The van der Waals surface area contributed by atoms with Gasteiger partial charge >= 0.3 is 5.97 Å². The molecule has 0 N–H and O–H groups in total. The highest BCUT2D eigenvalue weighted by molar-refractivity contribution is 7.89. The number of hydrogen-bond acceptors (Lipinski definition) is 4. The Balaban J connectivity index is 1.82. The molecule has 0 amide bonds. The van der Waals surface area contributed by atoms with E-state index in [2.05, 4.69) is 0 Å². The Labute approximate surface area is 160 Å². The molecule has 2 aromatic carbocycles. The number of benzene rings is 2. The van der Waals surface area contributed by atoms with Gasteiger partial charge in [0.1, 0.15) is 12.6 Å². The second-order valence-electron chi connectivity index (χ2n) is 6.52. The largest absolute Gasteiger partial charge is 0.459 e. The Kier molecular flexibility index (Phi) is 5.77. The fourth-order valence-electron chi connectivity index (χ4n) is 3.11. The summed E-state index contributed by atoms with van der Waals surface area (Å²) in [7, 11) is -3.80. The minimum absolute atomic E-state index is 0.117. The fourth-order valence-corrected chi connectivity index (χ4v) is 4.63. The summed E-state index contributed by atoms with van der Waals surface area (Å²) in [6, 6.07) is 15.1. The van der Waals surface area contributed by atoms with E-state index in [1.807, 2.05) is 44.2 Å². The summed E-state index contributed by atoms with van der Waals surface area (Å²) in [6.45, 7) is 4.09. The summed E-state index contributed by atoms with van der Waals surface area (Å²) >= 11 is 0. The molecule has 27 heavy (non-hydrogen) atoms. The van der Waals surface area contributed by atoms with Gasteiger partial charge in [-0.3, -0.25) is 0 Å². The first kappa shape index (κ1) is 19.3. The summed E-state index contributed by atoms with van der Waals surface area (Å²) in [5.41, 5.74) is 2.60. The van der Waals surface area contributed by atoms with Crippen LogP contribution in [0.3, 0.4) is 0 Å². The zero-order valence-corrected chi connectivity index (χ0v) is 16.3. The first-order valence-corrected chi connectivity index (χ1v) is 10.4. The van der Waals surface area contributed by atoms with Gasteiger partial charge in [-0.15, -0.1) is 0 Å². The van der Waals surface area contributed by atoms with E-state index < -0.39 is 22.0 Å². The molecule has 0 saturated carbocycles. The van der Waals surface area contributed by atoms with Crippen LogP contribution in [-0.2, 0) is 26.2 Å². The van der Waals surface area contributed by atoms with Gasteiger partial charge in [-0.1, -0.05) is 61.0 Å². The molecule has 6 heteroatoms. The number of esters is 1. The summed E-state index contributed by atoms with van der Waals surface area (Å²) in [6.07, 6.45) is 2.39. The molecular weight excluding hydrogens is 362 g/mol. The fraction of sp³-hybridized carbons (Fsp3) is 0.286. The van der Waals surface area contributed by atoms with Crippen molar-refractivity contribution in [2.24, 2.45) is 0 Å². The molecular formula is C21H23NO4S. The van der Waals surface area contributed by atoms with Gasteiger partial charge in [0.2, 0.25) is 10.0 Å². The molecule has 0 spiro atoms. The minimum atomic E-state index is -3.80. The highest BCUT2D eigenvalue weighted by Gasteiger charge is 2.41. The number of sulfonamides is 1. The zero-order valence-electron chi connectivity index (χ0n) is 15.5. The maximum absolute atomic E-state index is 13.1. The summed E-state index contributed by atoms with van der Waals surface area (Å²) < 4.78 is 32.8. The van der Waals surface area contributed by atoms with E-state index in [1.54, 1.807) is 30.3 Å². The summed E-state index contributed by atoms with van der Waals surface area (Å²) in [5.74, 6) is -0.542. The number of nitrogens with zero attached hydrogens (tertiary/aromatic N) is 1. The van der Waals surface area contributed by atoms with Crippen LogP contribution in [0.15, 0.2) is 71.1 Å². The van der Waals surface area contributed by atoms with Gasteiger partial charge in [-0.05, 0) is 36.6 Å². The van der Waals surface area contributed by atoms with E-state index in [4.69, 9.17) is 4.74 Å². The predicted molar refractivity (Wildman–Crippen MR) is 103 cm³/mol. The van der Waals surface area contributed by atoms with Gasteiger partial charge in [0.25, 0.3) is 0 Å². The maximum atomic E-state index is 13.1. The van der Waals surface area contributed by atoms with Crippen LogP contribution in [0.4, 0.5) is 0 Å². The molecule has 2 aromatic rings. The van der Waals surface area contributed by atoms with Crippen molar-refractivity contribution in [2.75, 3.05) is 6.54 Å². The lowest BCUT2D eigenvalue weighted by Gasteiger charge is -2.25. The summed E-state index contributed by atoms with van der Waals surface area (Å²) in [4.78, 5) is 12.9. The molecule has 3 rings (SSSR count). The van der Waals surface area contributed by atoms with Gasteiger partial charge in [-0.25, -0.2) is 13.2 Å². The maximum Gasteiger partial charge on any atom is 0.329 e.